The van der Waals surface area contributed by atoms with Crippen LogP contribution in [-0.4, -0.2) is 29.3 Å². The average molecular weight is 287 g/mol. The number of aryl methyl sites for hydroxylation is 2. The maximum atomic E-state index is 12.1. The number of anilines is 1. The van der Waals surface area contributed by atoms with Crippen molar-refractivity contribution in [3.05, 3.63) is 35.2 Å². The summed E-state index contributed by atoms with van der Waals surface area (Å²) in [5.41, 5.74) is 3.41. The largest absolute Gasteiger partial charge is 0.486 e. The van der Waals surface area contributed by atoms with Crippen molar-refractivity contribution in [2.24, 2.45) is 0 Å². The molecule has 0 atom stereocenters. The molecule has 1 aromatic carbocycles. The minimum atomic E-state index is -0.0840. The van der Waals surface area contributed by atoms with Gasteiger partial charge in [0.2, 0.25) is 5.91 Å². The van der Waals surface area contributed by atoms with E-state index in [4.69, 9.17) is 9.47 Å². The second kappa shape index (κ2) is 5.47. The van der Waals surface area contributed by atoms with Crippen LogP contribution in [0.25, 0.3) is 0 Å². The molecule has 0 radical (unpaired) electrons. The summed E-state index contributed by atoms with van der Waals surface area (Å²) in [6, 6.07) is 5.39. The number of nitrogens with one attached hydrogen (secondary N) is 2. The highest BCUT2D eigenvalue weighted by Crippen LogP contribution is 2.32. The molecule has 0 unspecified atom stereocenters. The van der Waals surface area contributed by atoms with Crippen LogP contribution in [0.1, 0.15) is 17.0 Å². The molecule has 3 rings (SSSR count). The van der Waals surface area contributed by atoms with E-state index in [1.54, 1.807) is 18.2 Å². The Balaban J connectivity index is 1.70. The van der Waals surface area contributed by atoms with Gasteiger partial charge in [0.25, 0.3) is 0 Å². The van der Waals surface area contributed by atoms with Crippen molar-refractivity contribution in [2.45, 2.75) is 20.3 Å². The van der Waals surface area contributed by atoms with E-state index in [-0.39, 0.29) is 5.91 Å². The summed E-state index contributed by atoms with van der Waals surface area (Å²) >= 11 is 0. The van der Waals surface area contributed by atoms with E-state index in [0.717, 1.165) is 17.0 Å². The Morgan fingerprint density at radius 2 is 2.05 bits per heavy atom. The monoisotopic (exact) mass is 287 g/mol. The maximum Gasteiger partial charge on any atom is 0.228 e. The molecule has 0 spiro atoms. The summed E-state index contributed by atoms with van der Waals surface area (Å²) in [6.07, 6.45) is 0.294. The third-order valence-corrected chi connectivity index (χ3v) is 3.44. The van der Waals surface area contributed by atoms with Crippen LogP contribution < -0.4 is 14.8 Å². The number of ether oxygens (including phenoxy) is 2. The van der Waals surface area contributed by atoms with E-state index in [0.29, 0.717) is 36.8 Å². The Hall–Kier alpha value is -2.50. The molecule has 0 bridgehead atoms. The third-order valence-electron chi connectivity index (χ3n) is 3.44. The number of carbonyl (C=O) groups excluding carboxylic acids is 1. The second-order valence-corrected chi connectivity index (χ2v) is 5.00. The number of fused-ring (bicyclic) bond motifs is 1. The van der Waals surface area contributed by atoms with Crippen molar-refractivity contribution in [1.82, 2.24) is 10.2 Å². The highest BCUT2D eigenvalue weighted by molar-refractivity contribution is 5.92. The number of rotatable bonds is 3. The molecule has 0 aliphatic carbocycles. The second-order valence-electron chi connectivity index (χ2n) is 5.00. The molecule has 6 nitrogen and oxygen atoms in total. The van der Waals surface area contributed by atoms with Gasteiger partial charge >= 0.3 is 0 Å². The zero-order valence-corrected chi connectivity index (χ0v) is 12.0. The summed E-state index contributed by atoms with van der Waals surface area (Å²) < 4.78 is 10.9. The molecule has 1 aromatic heterocycles. The lowest BCUT2D eigenvalue weighted by Gasteiger charge is -2.19. The van der Waals surface area contributed by atoms with E-state index in [2.05, 4.69) is 15.5 Å². The van der Waals surface area contributed by atoms with Crippen molar-refractivity contribution in [3.8, 4) is 11.5 Å². The molecule has 6 heteroatoms. The molecule has 2 aromatic rings. The zero-order chi connectivity index (χ0) is 14.8. The predicted molar refractivity (Wildman–Crippen MR) is 77.8 cm³/mol. The normalized spacial score (nSPS) is 13.0. The van der Waals surface area contributed by atoms with Gasteiger partial charge in [-0.05, 0) is 26.0 Å². The molecule has 0 saturated carbocycles. The lowest BCUT2D eigenvalue weighted by Crippen LogP contribution is -2.17. The number of hydrogen-bond donors (Lipinski definition) is 2. The molecule has 1 amide bonds. The van der Waals surface area contributed by atoms with E-state index >= 15 is 0 Å². The first-order valence-corrected chi connectivity index (χ1v) is 6.83. The van der Waals surface area contributed by atoms with Crippen LogP contribution in [0.5, 0.6) is 11.5 Å². The van der Waals surface area contributed by atoms with Crippen molar-refractivity contribution in [3.63, 3.8) is 0 Å². The fraction of sp³-hybridized carbons (Fsp3) is 0.333. The smallest absolute Gasteiger partial charge is 0.228 e. The number of H-pyrrole nitrogens is 1. The molecule has 0 saturated heterocycles. The van der Waals surface area contributed by atoms with Crippen LogP contribution in [0.2, 0.25) is 0 Å². The number of aromatic amines is 1. The van der Waals surface area contributed by atoms with Crippen LogP contribution in [0.15, 0.2) is 18.2 Å². The molecule has 2 heterocycles. The van der Waals surface area contributed by atoms with Gasteiger partial charge in [0.1, 0.15) is 13.2 Å². The van der Waals surface area contributed by atoms with Crippen LogP contribution in [0.4, 0.5) is 5.69 Å². The molecule has 1 aliphatic heterocycles. The molecule has 1 aliphatic rings. The predicted octanol–water partition coefficient (Wildman–Crippen LogP) is 1.98. The first kappa shape index (κ1) is 13.5. The van der Waals surface area contributed by atoms with Crippen molar-refractivity contribution in [2.75, 3.05) is 18.5 Å². The van der Waals surface area contributed by atoms with Crippen molar-refractivity contribution >= 4 is 11.6 Å². The summed E-state index contributed by atoms with van der Waals surface area (Å²) in [5.74, 6) is 1.29. The topological polar surface area (TPSA) is 76.2 Å². The number of carbonyl (C=O) groups is 1. The van der Waals surface area contributed by atoms with Crippen molar-refractivity contribution in [1.29, 1.82) is 0 Å². The first-order valence-electron chi connectivity index (χ1n) is 6.83. The number of hydrogen-bond acceptors (Lipinski definition) is 4. The van der Waals surface area contributed by atoms with Gasteiger partial charge in [0.05, 0.1) is 12.1 Å². The summed E-state index contributed by atoms with van der Waals surface area (Å²) in [7, 11) is 0. The minimum absolute atomic E-state index is 0.0840. The van der Waals surface area contributed by atoms with Crippen LogP contribution >= 0.6 is 0 Å². The molecule has 21 heavy (non-hydrogen) atoms. The minimum Gasteiger partial charge on any atom is -0.486 e. The fourth-order valence-electron chi connectivity index (χ4n) is 2.32. The molecular formula is C15H17N3O3. The van der Waals surface area contributed by atoms with E-state index in [9.17, 15) is 4.79 Å². The molecule has 0 fully saturated rings. The van der Waals surface area contributed by atoms with Gasteiger partial charge in [-0.15, -0.1) is 0 Å². The van der Waals surface area contributed by atoms with E-state index in [1.807, 2.05) is 13.8 Å². The Morgan fingerprint density at radius 3 is 2.76 bits per heavy atom. The summed E-state index contributed by atoms with van der Waals surface area (Å²) in [4.78, 5) is 12.1. The van der Waals surface area contributed by atoms with Crippen LogP contribution in [-0.2, 0) is 11.2 Å². The van der Waals surface area contributed by atoms with Crippen molar-refractivity contribution < 1.29 is 14.3 Å². The lowest BCUT2D eigenvalue weighted by atomic mass is 10.1. The number of amides is 1. The van der Waals surface area contributed by atoms with Gasteiger partial charge in [0.15, 0.2) is 11.5 Å². The fourth-order valence-corrected chi connectivity index (χ4v) is 2.32. The van der Waals surface area contributed by atoms with E-state index < -0.39 is 0 Å². The number of aromatic nitrogens is 2. The Morgan fingerprint density at radius 1 is 1.29 bits per heavy atom. The highest BCUT2D eigenvalue weighted by Gasteiger charge is 2.14. The van der Waals surface area contributed by atoms with Gasteiger partial charge in [-0.25, -0.2) is 0 Å². The Labute approximate surface area is 122 Å². The number of benzene rings is 1. The van der Waals surface area contributed by atoms with Gasteiger partial charge in [-0.1, -0.05) is 0 Å². The quantitative estimate of drug-likeness (QED) is 0.905. The third kappa shape index (κ3) is 2.84. The number of nitrogens with zero attached hydrogens (tertiary/aromatic N) is 1. The Bertz CT molecular complexity index is 659. The summed E-state index contributed by atoms with van der Waals surface area (Å²) in [6.45, 7) is 4.87. The summed E-state index contributed by atoms with van der Waals surface area (Å²) in [5, 5.41) is 9.84. The van der Waals surface area contributed by atoms with Gasteiger partial charge in [-0.3, -0.25) is 9.89 Å². The molecular weight excluding hydrogens is 270 g/mol. The van der Waals surface area contributed by atoms with Crippen LogP contribution in [0, 0.1) is 13.8 Å². The molecule has 2 N–H and O–H groups in total. The Kier molecular flexibility index (Phi) is 3.51. The van der Waals surface area contributed by atoms with Crippen LogP contribution in [0.3, 0.4) is 0 Å². The lowest BCUT2D eigenvalue weighted by molar-refractivity contribution is -0.115. The van der Waals surface area contributed by atoms with Gasteiger partial charge < -0.3 is 14.8 Å². The zero-order valence-electron chi connectivity index (χ0n) is 12.0. The maximum absolute atomic E-state index is 12.1. The standard InChI is InChI=1S/C15H17N3O3/c1-9-12(10(2)18-17-9)8-15(19)16-11-3-4-13-14(7-11)21-6-5-20-13/h3-4,7H,5-6,8H2,1-2H3,(H,16,19)(H,17,18). The van der Waals surface area contributed by atoms with Gasteiger partial charge in [-0.2, -0.15) is 5.10 Å². The average Bonchev–Trinajstić information content (AvgIpc) is 2.79. The van der Waals surface area contributed by atoms with E-state index in [1.165, 1.54) is 0 Å². The highest BCUT2D eigenvalue weighted by atomic mass is 16.6. The van der Waals surface area contributed by atoms with Gasteiger partial charge in [0, 0.05) is 23.0 Å². The SMILES string of the molecule is Cc1n[nH]c(C)c1CC(=O)Nc1ccc2c(c1)OCCO2. The molecule has 110 valence electrons. The first-order chi connectivity index (χ1) is 10.1.